The van der Waals surface area contributed by atoms with Crippen molar-refractivity contribution in [1.29, 1.82) is 0 Å². The average Bonchev–Trinajstić information content (AvgIpc) is 3.02. The summed E-state index contributed by atoms with van der Waals surface area (Å²) in [5, 5.41) is 3.74. The monoisotopic (exact) mass is 325 g/mol. The number of esters is 1. The van der Waals surface area contributed by atoms with Crippen LogP contribution in [-0.4, -0.2) is 18.0 Å². The maximum atomic E-state index is 12.6. The number of ether oxygens (including phenoxy) is 1. The fourth-order valence-electron chi connectivity index (χ4n) is 4.17. The van der Waals surface area contributed by atoms with Crippen molar-refractivity contribution in [2.75, 3.05) is 5.32 Å². The minimum absolute atomic E-state index is 0.0377. The molecule has 1 heterocycles. The SMILES string of the molecule is O=C(Nc1ccc(Cl)cc1Cl)[C@@H]1[C@@H]2C[C@@H]3[C@H]1C(=O)O[C@H]3C2. The van der Waals surface area contributed by atoms with Crippen molar-refractivity contribution in [3.63, 3.8) is 0 Å². The first-order valence-corrected chi connectivity index (χ1v) is 7.76. The molecule has 1 aliphatic heterocycles. The molecule has 1 aromatic carbocycles. The Hall–Kier alpha value is -1.26. The Morgan fingerprint density at radius 3 is 2.86 bits per heavy atom. The van der Waals surface area contributed by atoms with Crippen LogP contribution in [0.15, 0.2) is 18.2 Å². The van der Waals surface area contributed by atoms with Crippen LogP contribution in [0.25, 0.3) is 0 Å². The molecule has 6 heteroatoms. The van der Waals surface area contributed by atoms with E-state index in [0.717, 1.165) is 12.8 Å². The molecule has 0 unspecified atom stereocenters. The molecule has 1 saturated heterocycles. The molecule has 2 saturated carbocycles. The molecule has 4 nitrogen and oxygen atoms in total. The number of carbonyl (C=O) groups excluding carboxylic acids is 2. The molecule has 2 aliphatic carbocycles. The fourth-order valence-corrected chi connectivity index (χ4v) is 4.63. The third-order valence-corrected chi connectivity index (χ3v) is 5.52. The summed E-state index contributed by atoms with van der Waals surface area (Å²) in [6.07, 6.45) is 1.75. The lowest BCUT2D eigenvalue weighted by molar-refractivity contribution is -0.145. The molecule has 1 aromatic rings. The smallest absolute Gasteiger partial charge is 0.310 e. The zero-order valence-corrected chi connectivity index (χ0v) is 12.5. The highest BCUT2D eigenvalue weighted by Crippen LogP contribution is 2.57. The average molecular weight is 326 g/mol. The summed E-state index contributed by atoms with van der Waals surface area (Å²) in [6.45, 7) is 0. The summed E-state index contributed by atoms with van der Waals surface area (Å²) >= 11 is 11.9. The summed E-state index contributed by atoms with van der Waals surface area (Å²) in [7, 11) is 0. The molecule has 110 valence electrons. The number of fused-ring (bicyclic) bond motifs is 1. The van der Waals surface area contributed by atoms with Crippen molar-refractivity contribution in [3.8, 4) is 0 Å². The van der Waals surface area contributed by atoms with Gasteiger partial charge in [0.25, 0.3) is 0 Å². The molecule has 0 spiro atoms. The Bertz CT molecular complexity index is 646. The van der Waals surface area contributed by atoms with Crippen molar-refractivity contribution in [1.82, 2.24) is 0 Å². The van der Waals surface area contributed by atoms with Crippen LogP contribution in [0.5, 0.6) is 0 Å². The molecular formula is C15H13Cl2NO3. The first-order chi connectivity index (χ1) is 10.0. The normalized spacial score (nSPS) is 35.9. The zero-order valence-electron chi connectivity index (χ0n) is 11.0. The molecular weight excluding hydrogens is 313 g/mol. The lowest BCUT2D eigenvalue weighted by Gasteiger charge is -2.23. The number of anilines is 1. The molecule has 3 fully saturated rings. The van der Waals surface area contributed by atoms with E-state index >= 15 is 0 Å². The third-order valence-electron chi connectivity index (χ3n) is 4.97. The highest BCUT2D eigenvalue weighted by molar-refractivity contribution is 6.36. The Kier molecular flexibility index (Phi) is 2.95. The van der Waals surface area contributed by atoms with Gasteiger partial charge in [-0.2, -0.15) is 0 Å². The summed E-state index contributed by atoms with van der Waals surface area (Å²) in [5.41, 5.74) is 0.525. The number of nitrogens with one attached hydrogen (secondary N) is 1. The summed E-state index contributed by atoms with van der Waals surface area (Å²) in [4.78, 5) is 24.5. The summed E-state index contributed by atoms with van der Waals surface area (Å²) < 4.78 is 5.35. The molecule has 3 aliphatic rings. The molecule has 1 amide bonds. The Labute approximate surface area is 131 Å². The molecule has 0 aromatic heterocycles. The number of benzene rings is 1. The van der Waals surface area contributed by atoms with E-state index in [2.05, 4.69) is 5.32 Å². The second-order valence-corrected chi connectivity index (χ2v) is 6.88. The highest BCUT2D eigenvalue weighted by Gasteiger charge is 2.63. The summed E-state index contributed by atoms with van der Waals surface area (Å²) in [5.74, 6) is -0.476. The van der Waals surface area contributed by atoms with Gasteiger partial charge in [0.2, 0.25) is 5.91 Å². The van der Waals surface area contributed by atoms with E-state index < -0.39 is 0 Å². The lowest BCUT2D eigenvalue weighted by Crippen LogP contribution is -2.35. The molecule has 2 bridgehead atoms. The van der Waals surface area contributed by atoms with Crippen LogP contribution in [0.1, 0.15) is 12.8 Å². The first kappa shape index (κ1) is 13.4. The van der Waals surface area contributed by atoms with Crippen LogP contribution in [0.2, 0.25) is 10.0 Å². The highest BCUT2D eigenvalue weighted by atomic mass is 35.5. The van der Waals surface area contributed by atoms with Crippen LogP contribution in [0.3, 0.4) is 0 Å². The van der Waals surface area contributed by atoms with Gasteiger partial charge in [0, 0.05) is 10.9 Å². The topological polar surface area (TPSA) is 55.4 Å². The van der Waals surface area contributed by atoms with Crippen LogP contribution in [-0.2, 0) is 14.3 Å². The van der Waals surface area contributed by atoms with E-state index in [-0.39, 0.29) is 41.7 Å². The van der Waals surface area contributed by atoms with Gasteiger partial charge in [0.1, 0.15) is 6.10 Å². The van der Waals surface area contributed by atoms with Gasteiger partial charge in [-0.15, -0.1) is 0 Å². The van der Waals surface area contributed by atoms with Crippen LogP contribution in [0, 0.1) is 23.7 Å². The van der Waals surface area contributed by atoms with Gasteiger partial charge >= 0.3 is 5.97 Å². The first-order valence-electron chi connectivity index (χ1n) is 7.01. The standard InChI is InChI=1S/C15H13Cl2NO3/c16-7-1-2-10(9(17)5-7)18-14(19)12-6-3-8-11(4-6)21-15(20)13(8)12/h1-2,5-6,8,11-13H,3-4H2,(H,18,19)/t6-,8+,11+,12-,13-/m1/s1. The Morgan fingerprint density at radius 2 is 2.10 bits per heavy atom. The maximum Gasteiger partial charge on any atom is 0.310 e. The van der Waals surface area contributed by atoms with Gasteiger partial charge in [0.05, 0.1) is 22.5 Å². The molecule has 1 N–H and O–H groups in total. The van der Waals surface area contributed by atoms with Crippen LogP contribution < -0.4 is 5.32 Å². The van der Waals surface area contributed by atoms with E-state index in [0.29, 0.717) is 15.7 Å². The van der Waals surface area contributed by atoms with Crippen molar-refractivity contribution < 1.29 is 14.3 Å². The molecule has 5 atom stereocenters. The molecule has 0 radical (unpaired) electrons. The second kappa shape index (κ2) is 4.62. The number of halogens is 2. The van der Waals surface area contributed by atoms with Crippen molar-refractivity contribution in [2.24, 2.45) is 23.7 Å². The quantitative estimate of drug-likeness (QED) is 0.850. The molecule has 4 rings (SSSR count). The number of carbonyl (C=O) groups is 2. The van der Waals surface area contributed by atoms with E-state index in [1.54, 1.807) is 18.2 Å². The van der Waals surface area contributed by atoms with Gasteiger partial charge in [-0.25, -0.2) is 0 Å². The van der Waals surface area contributed by atoms with E-state index in [4.69, 9.17) is 27.9 Å². The predicted molar refractivity (Wildman–Crippen MR) is 78.2 cm³/mol. The zero-order chi connectivity index (χ0) is 14.7. The van der Waals surface area contributed by atoms with E-state index in [9.17, 15) is 9.59 Å². The van der Waals surface area contributed by atoms with Crippen molar-refractivity contribution >= 4 is 40.8 Å². The summed E-state index contributed by atoms with van der Waals surface area (Å²) in [6, 6.07) is 4.93. The lowest BCUT2D eigenvalue weighted by atomic mass is 9.79. The molecule has 21 heavy (non-hydrogen) atoms. The minimum Gasteiger partial charge on any atom is -0.462 e. The fraction of sp³-hybridized carbons (Fsp3) is 0.467. The van der Waals surface area contributed by atoms with Crippen molar-refractivity contribution in [3.05, 3.63) is 28.2 Å². The largest absolute Gasteiger partial charge is 0.462 e. The van der Waals surface area contributed by atoms with Crippen LogP contribution in [0.4, 0.5) is 5.69 Å². The van der Waals surface area contributed by atoms with Gasteiger partial charge in [-0.3, -0.25) is 9.59 Å². The number of rotatable bonds is 2. The van der Waals surface area contributed by atoms with Gasteiger partial charge in [-0.1, -0.05) is 23.2 Å². The maximum absolute atomic E-state index is 12.6. The van der Waals surface area contributed by atoms with Gasteiger partial charge in [-0.05, 0) is 37.0 Å². The van der Waals surface area contributed by atoms with Crippen LogP contribution >= 0.6 is 23.2 Å². The Balaban J connectivity index is 1.57. The van der Waals surface area contributed by atoms with E-state index in [1.807, 2.05) is 0 Å². The predicted octanol–water partition coefficient (Wildman–Crippen LogP) is 3.13. The van der Waals surface area contributed by atoms with Gasteiger partial charge < -0.3 is 10.1 Å². The van der Waals surface area contributed by atoms with E-state index in [1.165, 1.54) is 0 Å². The number of amides is 1. The minimum atomic E-state index is -0.298. The Morgan fingerprint density at radius 1 is 1.29 bits per heavy atom. The third kappa shape index (κ3) is 1.96. The van der Waals surface area contributed by atoms with Crippen molar-refractivity contribution in [2.45, 2.75) is 18.9 Å². The number of hydrogen-bond acceptors (Lipinski definition) is 3. The second-order valence-electron chi connectivity index (χ2n) is 6.04. The van der Waals surface area contributed by atoms with Gasteiger partial charge in [0.15, 0.2) is 0 Å². The number of hydrogen-bond donors (Lipinski definition) is 1.